The molecule has 0 aromatic heterocycles. The van der Waals surface area contributed by atoms with E-state index in [1.807, 2.05) is 0 Å². The van der Waals surface area contributed by atoms with Gasteiger partial charge in [0, 0.05) is 6.08 Å². The van der Waals surface area contributed by atoms with Gasteiger partial charge in [-0.3, -0.25) is 0 Å². The van der Waals surface area contributed by atoms with Crippen molar-refractivity contribution < 1.29 is 14.6 Å². The van der Waals surface area contributed by atoms with Crippen molar-refractivity contribution in [3.05, 3.63) is 12.2 Å². The van der Waals surface area contributed by atoms with Crippen molar-refractivity contribution in [2.24, 2.45) is 0 Å². The minimum Gasteiger partial charge on any atom is -0.459 e. The highest BCUT2D eigenvalue weighted by Crippen LogP contribution is 2.00. The molecule has 0 aliphatic carbocycles. The predicted molar refractivity (Wildman–Crippen MR) is 42.1 cm³/mol. The predicted octanol–water partition coefficient (Wildman–Crippen LogP) is 0.877. The smallest absolute Gasteiger partial charge is 0.330 e. The van der Waals surface area contributed by atoms with E-state index in [0.29, 0.717) is 0 Å². The molecule has 0 atom stereocenters. The summed E-state index contributed by atoms with van der Waals surface area (Å²) in [5.41, 5.74) is -0.947. The molecule has 3 heteroatoms. The normalized spacial score (nSPS) is 12.0. The number of allylic oxidation sites excluding steroid dienone is 1. The molecule has 0 spiro atoms. The van der Waals surface area contributed by atoms with Crippen LogP contribution in [0, 0.1) is 0 Å². The number of esters is 1. The molecule has 0 heterocycles. The molecule has 0 saturated carbocycles. The molecule has 0 rings (SSSR count). The van der Waals surface area contributed by atoms with Crippen molar-refractivity contribution in [3.63, 3.8) is 0 Å². The van der Waals surface area contributed by atoms with Crippen LogP contribution in [-0.4, -0.2) is 23.3 Å². The first-order valence-corrected chi connectivity index (χ1v) is 3.47. The maximum Gasteiger partial charge on any atom is 0.330 e. The van der Waals surface area contributed by atoms with E-state index in [1.165, 1.54) is 6.08 Å². The Kier molecular flexibility index (Phi) is 3.82. The van der Waals surface area contributed by atoms with Gasteiger partial charge in [-0.1, -0.05) is 6.08 Å². The molecule has 3 nitrogen and oxygen atoms in total. The molecule has 0 saturated heterocycles. The Morgan fingerprint density at radius 2 is 2.18 bits per heavy atom. The van der Waals surface area contributed by atoms with Gasteiger partial charge in [0.1, 0.15) is 6.61 Å². The maximum atomic E-state index is 10.7. The van der Waals surface area contributed by atoms with E-state index in [0.717, 1.165) is 0 Å². The minimum atomic E-state index is -0.947. The molecular weight excluding hydrogens is 144 g/mol. The standard InChI is InChI=1S/C8H14O3/c1-4-5-7(9)11-6-8(2,3)10/h4-5,10H,6H2,1-3H3/b5-4-. The summed E-state index contributed by atoms with van der Waals surface area (Å²) in [6.07, 6.45) is 2.90. The van der Waals surface area contributed by atoms with E-state index in [4.69, 9.17) is 5.11 Å². The molecular formula is C8H14O3. The van der Waals surface area contributed by atoms with Crippen molar-refractivity contribution in [2.45, 2.75) is 26.4 Å². The number of carbonyl (C=O) groups is 1. The van der Waals surface area contributed by atoms with E-state index in [2.05, 4.69) is 4.74 Å². The van der Waals surface area contributed by atoms with Gasteiger partial charge in [-0.2, -0.15) is 0 Å². The van der Waals surface area contributed by atoms with Crippen LogP contribution in [0.5, 0.6) is 0 Å². The quantitative estimate of drug-likeness (QED) is 0.490. The zero-order valence-electron chi connectivity index (χ0n) is 7.13. The van der Waals surface area contributed by atoms with E-state index >= 15 is 0 Å². The molecule has 0 fully saturated rings. The van der Waals surface area contributed by atoms with Gasteiger partial charge in [-0.05, 0) is 20.8 Å². The summed E-state index contributed by atoms with van der Waals surface area (Å²) in [6.45, 7) is 4.91. The Morgan fingerprint density at radius 1 is 1.64 bits per heavy atom. The van der Waals surface area contributed by atoms with Crippen molar-refractivity contribution in [1.29, 1.82) is 0 Å². The van der Waals surface area contributed by atoms with Gasteiger partial charge in [0.25, 0.3) is 0 Å². The number of hydrogen-bond donors (Lipinski definition) is 1. The fraction of sp³-hybridized carbons (Fsp3) is 0.625. The second-order valence-corrected chi connectivity index (χ2v) is 2.92. The molecule has 0 bridgehead atoms. The molecule has 0 aliphatic rings. The van der Waals surface area contributed by atoms with Crippen molar-refractivity contribution >= 4 is 5.97 Å². The third-order valence-corrected chi connectivity index (χ3v) is 0.870. The number of hydrogen-bond acceptors (Lipinski definition) is 3. The van der Waals surface area contributed by atoms with Crippen LogP contribution in [-0.2, 0) is 9.53 Å². The Labute approximate surface area is 66.7 Å². The van der Waals surface area contributed by atoms with Crippen LogP contribution >= 0.6 is 0 Å². The number of rotatable bonds is 3. The summed E-state index contributed by atoms with van der Waals surface area (Å²) >= 11 is 0. The lowest BCUT2D eigenvalue weighted by Gasteiger charge is -2.15. The monoisotopic (exact) mass is 158 g/mol. The van der Waals surface area contributed by atoms with Crippen LogP contribution in [0.1, 0.15) is 20.8 Å². The summed E-state index contributed by atoms with van der Waals surface area (Å²) in [5.74, 6) is -0.422. The maximum absolute atomic E-state index is 10.7. The molecule has 0 amide bonds. The lowest BCUT2D eigenvalue weighted by atomic mass is 10.2. The first kappa shape index (κ1) is 10.2. The lowest BCUT2D eigenvalue weighted by molar-refractivity contribution is -0.143. The van der Waals surface area contributed by atoms with Crippen LogP contribution in [0.4, 0.5) is 0 Å². The number of carbonyl (C=O) groups excluding carboxylic acids is 1. The minimum absolute atomic E-state index is 0.0240. The molecule has 0 aromatic rings. The summed E-state index contributed by atoms with van der Waals surface area (Å²) in [7, 11) is 0. The SMILES string of the molecule is C/C=C\C(=O)OCC(C)(C)O. The van der Waals surface area contributed by atoms with Gasteiger partial charge in [0.15, 0.2) is 0 Å². The molecule has 11 heavy (non-hydrogen) atoms. The van der Waals surface area contributed by atoms with Gasteiger partial charge < -0.3 is 9.84 Å². The average molecular weight is 158 g/mol. The van der Waals surface area contributed by atoms with E-state index < -0.39 is 11.6 Å². The summed E-state index contributed by atoms with van der Waals surface area (Å²) in [4.78, 5) is 10.7. The highest BCUT2D eigenvalue weighted by molar-refractivity contribution is 5.81. The van der Waals surface area contributed by atoms with Crippen LogP contribution in [0.3, 0.4) is 0 Å². The average Bonchev–Trinajstić information content (AvgIpc) is 1.83. The van der Waals surface area contributed by atoms with Crippen molar-refractivity contribution in [2.75, 3.05) is 6.61 Å². The fourth-order valence-electron chi connectivity index (χ4n) is 0.432. The summed E-state index contributed by atoms with van der Waals surface area (Å²) in [5, 5.41) is 9.13. The molecule has 0 aliphatic heterocycles. The van der Waals surface area contributed by atoms with Crippen LogP contribution < -0.4 is 0 Å². The van der Waals surface area contributed by atoms with Crippen LogP contribution in [0.2, 0.25) is 0 Å². The highest BCUT2D eigenvalue weighted by Gasteiger charge is 2.13. The highest BCUT2D eigenvalue weighted by atomic mass is 16.5. The number of ether oxygens (including phenoxy) is 1. The molecule has 64 valence electrons. The van der Waals surface area contributed by atoms with E-state index in [-0.39, 0.29) is 6.61 Å². The second-order valence-electron chi connectivity index (χ2n) is 2.92. The Balaban J connectivity index is 3.63. The first-order chi connectivity index (χ1) is 4.95. The topological polar surface area (TPSA) is 46.5 Å². The van der Waals surface area contributed by atoms with Crippen molar-refractivity contribution in [1.82, 2.24) is 0 Å². The van der Waals surface area contributed by atoms with Crippen LogP contribution in [0.25, 0.3) is 0 Å². The van der Waals surface area contributed by atoms with Gasteiger partial charge in [0.2, 0.25) is 0 Å². The largest absolute Gasteiger partial charge is 0.459 e. The van der Waals surface area contributed by atoms with E-state index in [9.17, 15) is 4.79 Å². The zero-order chi connectivity index (χ0) is 8.91. The van der Waals surface area contributed by atoms with Gasteiger partial charge in [-0.15, -0.1) is 0 Å². The van der Waals surface area contributed by atoms with Gasteiger partial charge in [-0.25, -0.2) is 4.79 Å². The third-order valence-electron chi connectivity index (χ3n) is 0.870. The first-order valence-electron chi connectivity index (χ1n) is 3.47. The lowest BCUT2D eigenvalue weighted by Crippen LogP contribution is -2.27. The Bertz CT molecular complexity index is 153. The molecule has 0 aromatic carbocycles. The second kappa shape index (κ2) is 4.13. The third kappa shape index (κ3) is 7.06. The van der Waals surface area contributed by atoms with E-state index in [1.54, 1.807) is 26.8 Å². The Hall–Kier alpha value is -0.830. The zero-order valence-corrected chi connectivity index (χ0v) is 7.13. The number of aliphatic hydroxyl groups is 1. The summed E-state index contributed by atoms with van der Waals surface area (Å²) in [6, 6.07) is 0. The van der Waals surface area contributed by atoms with Gasteiger partial charge in [0.05, 0.1) is 5.60 Å². The summed E-state index contributed by atoms with van der Waals surface area (Å²) < 4.78 is 4.67. The molecule has 0 radical (unpaired) electrons. The Morgan fingerprint density at radius 3 is 2.55 bits per heavy atom. The molecule has 0 unspecified atom stereocenters. The molecule has 1 N–H and O–H groups in total. The fourth-order valence-corrected chi connectivity index (χ4v) is 0.432. The van der Waals surface area contributed by atoms with Crippen LogP contribution in [0.15, 0.2) is 12.2 Å². The van der Waals surface area contributed by atoms with Gasteiger partial charge >= 0.3 is 5.97 Å². The van der Waals surface area contributed by atoms with Crippen molar-refractivity contribution in [3.8, 4) is 0 Å².